The largest absolute Gasteiger partial charge is 0.360 e. The summed E-state index contributed by atoms with van der Waals surface area (Å²) in [6.45, 7) is 3.74. The van der Waals surface area contributed by atoms with E-state index in [9.17, 15) is 4.79 Å². The summed E-state index contributed by atoms with van der Waals surface area (Å²) in [5, 5.41) is 18.7. The van der Waals surface area contributed by atoms with Crippen molar-refractivity contribution in [3.63, 3.8) is 0 Å². The minimum Gasteiger partial charge on any atom is -0.360 e. The standard InChI is InChI=1S/C18H15N5O2S3/c1-10-8-14(23-25-10)20-15(24)9-27-16-6-5-12(21-22-16)17-11(2)19-18(28-17)13-4-3-7-26-13/h3-8H,9H2,1-2H3,(H,20,23,24). The van der Waals surface area contributed by atoms with Gasteiger partial charge in [-0.05, 0) is 37.4 Å². The third-order valence-corrected chi connectivity index (χ3v) is 6.79. The van der Waals surface area contributed by atoms with Gasteiger partial charge in [-0.15, -0.1) is 32.9 Å². The third-order valence-electron chi connectivity index (χ3n) is 3.65. The number of carbonyl (C=O) groups excluding carboxylic acids is 1. The van der Waals surface area contributed by atoms with E-state index in [0.29, 0.717) is 16.6 Å². The van der Waals surface area contributed by atoms with Gasteiger partial charge in [0.2, 0.25) is 5.91 Å². The van der Waals surface area contributed by atoms with Gasteiger partial charge in [-0.1, -0.05) is 23.0 Å². The fraction of sp³-hybridized carbons (Fsp3) is 0.167. The van der Waals surface area contributed by atoms with Crippen molar-refractivity contribution < 1.29 is 9.32 Å². The maximum absolute atomic E-state index is 12.0. The van der Waals surface area contributed by atoms with Gasteiger partial charge in [-0.2, -0.15) is 0 Å². The van der Waals surface area contributed by atoms with E-state index in [1.807, 2.05) is 30.5 Å². The Morgan fingerprint density at radius 3 is 2.82 bits per heavy atom. The number of rotatable bonds is 6. The first-order valence-electron chi connectivity index (χ1n) is 8.30. The number of anilines is 1. The van der Waals surface area contributed by atoms with E-state index in [-0.39, 0.29) is 11.7 Å². The van der Waals surface area contributed by atoms with Crippen LogP contribution in [0.15, 0.2) is 45.3 Å². The fourth-order valence-corrected chi connectivity index (χ4v) is 4.84. The number of aryl methyl sites for hydroxylation is 2. The van der Waals surface area contributed by atoms with Crippen molar-refractivity contribution in [2.24, 2.45) is 0 Å². The summed E-state index contributed by atoms with van der Waals surface area (Å²) in [7, 11) is 0. The molecule has 0 aliphatic heterocycles. The SMILES string of the molecule is Cc1cc(NC(=O)CSc2ccc(-c3sc(-c4cccs4)nc3C)nn2)no1. The predicted molar refractivity (Wildman–Crippen MR) is 112 cm³/mol. The molecular weight excluding hydrogens is 414 g/mol. The molecule has 0 aliphatic carbocycles. The highest BCUT2D eigenvalue weighted by Gasteiger charge is 2.14. The lowest BCUT2D eigenvalue weighted by Gasteiger charge is -2.02. The summed E-state index contributed by atoms with van der Waals surface area (Å²) >= 11 is 4.59. The van der Waals surface area contributed by atoms with E-state index in [1.165, 1.54) is 11.8 Å². The molecule has 10 heteroatoms. The Hall–Kier alpha value is -2.56. The molecule has 0 fully saturated rings. The highest BCUT2D eigenvalue weighted by molar-refractivity contribution is 7.99. The number of nitrogens with zero attached hydrogens (tertiary/aromatic N) is 4. The average Bonchev–Trinajstić information content (AvgIpc) is 3.42. The predicted octanol–water partition coefficient (Wildman–Crippen LogP) is 4.66. The van der Waals surface area contributed by atoms with Crippen LogP contribution in [0.1, 0.15) is 11.5 Å². The Bertz CT molecular complexity index is 1090. The summed E-state index contributed by atoms with van der Waals surface area (Å²) in [5.41, 5.74) is 1.72. The van der Waals surface area contributed by atoms with Gasteiger partial charge in [-0.25, -0.2) is 4.98 Å². The van der Waals surface area contributed by atoms with E-state index >= 15 is 0 Å². The molecule has 1 amide bonds. The molecule has 0 bridgehead atoms. The van der Waals surface area contributed by atoms with Crippen LogP contribution in [0.3, 0.4) is 0 Å². The molecule has 4 rings (SSSR count). The molecule has 4 aromatic heterocycles. The van der Waals surface area contributed by atoms with Crippen LogP contribution >= 0.6 is 34.4 Å². The Balaban J connectivity index is 1.39. The lowest BCUT2D eigenvalue weighted by Crippen LogP contribution is -2.14. The Kier molecular flexibility index (Phi) is 5.51. The first kappa shape index (κ1) is 18.8. The van der Waals surface area contributed by atoms with Gasteiger partial charge in [-0.3, -0.25) is 4.79 Å². The van der Waals surface area contributed by atoms with Crippen LogP contribution < -0.4 is 5.32 Å². The molecule has 0 aromatic carbocycles. The Morgan fingerprint density at radius 1 is 1.25 bits per heavy atom. The zero-order chi connectivity index (χ0) is 19.5. The summed E-state index contributed by atoms with van der Waals surface area (Å²) in [4.78, 5) is 18.8. The second-order valence-corrected chi connectivity index (χ2v) is 8.77. The molecule has 4 heterocycles. The molecule has 0 saturated heterocycles. The Morgan fingerprint density at radius 2 is 2.14 bits per heavy atom. The van der Waals surface area contributed by atoms with Crippen molar-refractivity contribution >= 4 is 46.2 Å². The monoisotopic (exact) mass is 429 g/mol. The molecule has 1 N–H and O–H groups in total. The summed E-state index contributed by atoms with van der Waals surface area (Å²) in [6.07, 6.45) is 0. The topological polar surface area (TPSA) is 93.8 Å². The molecule has 0 spiro atoms. The normalized spacial score (nSPS) is 10.9. The molecular formula is C18H15N5O2S3. The van der Waals surface area contributed by atoms with E-state index in [0.717, 1.165) is 26.1 Å². The number of thioether (sulfide) groups is 1. The fourth-order valence-electron chi connectivity index (χ4n) is 2.40. The lowest BCUT2D eigenvalue weighted by atomic mass is 10.3. The van der Waals surface area contributed by atoms with Crippen LogP contribution in [-0.2, 0) is 4.79 Å². The molecule has 142 valence electrons. The van der Waals surface area contributed by atoms with Gasteiger partial charge in [0.05, 0.1) is 21.2 Å². The van der Waals surface area contributed by atoms with Crippen molar-refractivity contribution in [2.45, 2.75) is 18.9 Å². The van der Waals surface area contributed by atoms with Gasteiger partial charge < -0.3 is 9.84 Å². The number of thiazole rings is 1. The highest BCUT2D eigenvalue weighted by Crippen LogP contribution is 2.36. The first-order valence-corrected chi connectivity index (χ1v) is 11.0. The average molecular weight is 430 g/mol. The summed E-state index contributed by atoms with van der Waals surface area (Å²) in [6, 6.07) is 9.52. The zero-order valence-electron chi connectivity index (χ0n) is 15.0. The van der Waals surface area contributed by atoms with Gasteiger partial charge >= 0.3 is 0 Å². The minimum absolute atomic E-state index is 0.178. The quantitative estimate of drug-likeness (QED) is 0.445. The molecule has 28 heavy (non-hydrogen) atoms. The molecule has 0 radical (unpaired) electrons. The highest BCUT2D eigenvalue weighted by atomic mass is 32.2. The van der Waals surface area contributed by atoms with Gasteiger partial charge in [0, 0.05) is 6.07 Å². The third kappa shape index (κ3) is 4.29. The summed E-state index contributed by atoms with van der Waals surface area (Å²) in [5.74, 6) is 1.09. The van der Waals surface area contributed by atoms with Gasteiger partial charge in [0.15, 0.2) is 5.82 Å². The van der Waals surface area contributed by atoms with Crippen LogP contribution in [0.5, 0.6) is 0 Å². The number of aromatic nitrogens is 4. The minimum atomic E-state index is -0.178. The molecule has 4 aromatic rings. The molecule has 0 saturated carbocycles. The van der Waals surface area contributed by atoms with Crippen LogP contribution in [0, 0.1) is 13.8 Å². The van der Waals surface area contributed by atoms with Crippen molar-refractivity contribution in [1.29, 1.82) is 0 Å². The van der Waals surface area contributed by atoms with Crippen molar-refractivity contribution in [2.75, 3.05) is 11.1 Å². The molecule has 0 unspecified atom stereocenters. The Labute approximate surface area is 173 Å². The second kappa shape index (κ2) is 8.21. The summed E-state index contributed by atoms with van der Waals surface area (Å²) < 4.78 is 4.92. The van der Waals surface area contributed by atoms with Crippen molar-refractivity contribution in [3.8, 4) is 20.5 Å². The number of thiophene rings is 1. The number of hydrogen-bond acceptors (Lipinski definition) is 9. The zero-order valence-corrected chi connectivity index (χ0v) is 17.5. The first-order chi connectivity index (χ1) is 13.6. The van der Waals surface area contributed by atoms with E-state index in [4.69, 9.17) is 4.52 Å². The number of amides is 1. The lowest BCUT2D eigenvalue weighted by molar-refractivity contribution is -0.113. The smallest absolute Gasteiger partial charge is 0.236 e. The molecule has 0 atom stereocenters. The second-order valence-electron chi connectivity index (χ2n) is 5.83. The van der Waals surface area contributed by atoms with Crippen LogP contribution in [-0.4, -0.2) is 32.0 Å². The van der Waals surface area contributed by atoms with Crippen molar-refractivity contribution in [1.82, 2.24) is 20.3 Å². The van der Waals surface area contributed by atoms with Crippen LogP contribution in [0.4, 0.5) is 5.82 Å². The molecule has 7 nitrogen and oxygen atoms in total. The maximum atomic E-state index is 12.0. The van der Waals surface area contributed by atoms with Gasteiger partial charge in [0.1, 0.15) is 21.5 Å². The van der Waals surface area contributed by atoms with Gasteiger partial charge in [0.25, 0.3) is 0 Å². The molecule has 0 aliphatic rings. The van der Waals surface area contributed by atoms with E-state index in [1.54, 1.807) is 35.7 Å². The van der Waals surface area contributed by atoms with E-state index in [2.05, 4.69) is 31.7 Å². The number of carbonyl (C=O) groups is 1. The van der Waals surface area contributed by atoms with E-state index < -0.39 is 0 Å². The number of hydrogen-bond donors (Lipinski definition) is 1. The maximum Gasteiger partial charge on any atom is 0.236 e. The van der Waals surface area contributed by atoms with Crippen molar-refractivity contribution in [3.05, 3.63) is 47.2 Å². The number of nitrogens with one attached hydrogen (secondary N) is 1. The van der Waals surface area contributed by atoms with Crippen LogP contribution in [0.2, 0.25) is 0 Å². The van der Waals surface area contributed by atoms with Crippen LogP contribution in [0.25, 0.3) is 20.5 Å².